The molecule has 1 atom stereocenters. The molecule has 122 valence electrons. The fraction of sp³-hybridized carbons (Fsp3) is 1.00. The maximum Gasteiger partial charge on any atom is 0.0333 e. The number of alkyl halides is 1. The minimum atomic E-state index is 0.423. The SMILES string of the molecule is CCCCCCCCCCCCCCCCC(Cl)CC. The summed E-state index contributed by atoms with van der Waals surface area (Å²) in [6.45, 7) is 4.47. The summed E-state index contributed by atoms with van der Waals surface area (Å²) in [6.07, 6.45) is 22.4. The molecule has 0 amide bonds. The Balaban J connectivity index is 2.96. The maximum absolute atomic E-state index is 6.12. The van der Waals surface area contributed by atoms with Crippen LogP contribution in [0.3, 0.4) is 0 Å². The van der Waals surface area contributed by atoms with Crippen LogP contribution in [-0.4, -0.2) is 5.38 Å². The van der Waals surface area contributed by atoms with Gasteiger partial charge >= 0.3 is 0 Å². The second kappa shape index (κ2) is 17.3. The predicted octanol–water partition coefficient (Wildman–Crippen LogP) is 7.88. The van der Waals surface area contributed by atoms with Crippen LogP contribution in [0, 0.1) is 0 Å². The van der Waals surface area contributed by atoms with Crippen LogP contribution >= 0.6 is 11.6 Å². The van der Waals surface area contributed by atoms with Crippen LogP contribution in [0.5, 0.6) is 0 Å². The molecule has 0 nitrogen and oxygen atoms in total. The summed E-state index contributed by atoms with van der Waals surface area (Å²) >= 11 is 6.12. The van der Waals surface area contributed by atoms with Crippen LogP contribution in [0.4, 0.5) is 0 Å². The van der Waals surface area contributed by atoms with Gasteiger partial charge in [0.05, 0.1) is 0 Å². The minimum absolute atomic E-state index is 0.423. The lowest BCUT2D eigenvalue weighted by Crippen LogP contribution is -1.95. The highest BCUT2D eigenvalue weighted by Gasteiger charge is 2.00. The quantitative estimate of drug-likeness (QED) is 0.201. The molecule has 0 N–H and O–H groups in total. The maximum atomic E-state index is 6.12. The van der Waals surface area contributed by atoms with Gasteiger partial charge in [0.2, 0.25) is 0 Å². The van der Waals surface area contributed by atoms with E-state index in [2.05, 4.69) is 13.8 Å². The summed E-state index contributed by atoms with van der Waals surface area (Å²) in [6, 6.07) is 0. The molecule has 0 radical (unpaired) electrons. The summed E-state index contributed by atoms with van der Waals surface area (Å²) in [5.74, 6) is 0. The third kappa shape index (κ3) is 16.3. The molecule has 0 saturated heterocycles. The molecule has 0 bridgehead atoms. The Morgan fingerprint density at radius 3 is 1.25 bits per heavy atom. The van der Waals surface area contributed by atoms with Crippen LogP contribution in [0.25, 0.3) is 0 Å². The van der Waals surface area contributed by atoms with Crippen molar-refractivity contribution in [1.82, 2.24) is 0 Å². The Kier molecular flexibility index (Phi) is 17.6. The highest BCUT2D eigenvalue weighted by Crippen LogP contribution is 2.15. The highest BCUT2D eigenvalue weighted by atomic mass is 35.5. The number of halogens is 1. The lowest BCUT2D eigenvalue weighted by molar-refractivity contribution is 0.529. The Morgan fingerprint density at radius 1 is 0.550 bits per heavy atom. The summed E-state index contributed by atoms with van der Waals surface area (Å²) in [7, 11) is 0. The first-order valence-corrected chi connectivity index (χ1v) is 9.89. The van der Waals surface area contributed by atoms with Crippen molar-refractivity contribution in [2.45, 2.75) is 122 Å². The summed E-state index contributed by atoms with van der Waals surface area (Å²) in [5, 5.41) is 0.423. The smallest absolute Gasteiger partial charge is 0.0333 e. The molecule has 0 aliphatic carbocycles. The van der Waals surface area contributed by atoms with Crippen LogP contribution in [-0.2, 0) is 0 Å². The van der Waals surface area contributed by atoms with Gasteiger partial charge in [-0.2, -0.15) is 0 Å². The fourth-order valence-corrected chi connectivity index (χ4v) is 2.92. The molecule has 0 aromatic rings. The van der Waals surface area contributed by atoms with Gasteiger partial charge < -0.3 is 0 Å². The van der Waals surface area contributed by atoms with E-state index >= 15 is 0 Å². The third-order valence-electron chi connectivity index (χ3n) is 4.31. The van der Waals surface area contributed by atoms with Crippen molar-refractivity contribution >= 4 is 11.6 Å². The van der Waals surface area contributed by atoms with E-state index in [9.17, 15) is 0 Å². The average molecular weight is 303 g/mol. The van der Waals surface area contributed by atoms with Gasteiger partial charge in [-0.1, -0.05) is 104 Å². The van der Waals surface area contributed by atoms with Gasteiger partial charge in [0.25, 0.3) is 0 Å². The van der Waals surface area contributed by atoms with Crippen LogP contribution < -0.4 is 0 Å². The molecule has 0 aromatic heterocycles. The molecule has 0 saturated carbocycles. The van der Waals surface area contributed by atoms with Crippen molar-refractivity contribution in [3.05, 3.63) is 0 Å². The fourth-order valence-electron chi connectivity index (χ4n) is 2.76. The second-order valence-electron chi connectivity index (χ2n) is 6.39. The lowest BCUT2D eigenvalue weighted by Gasteiger charge is -2.06. The largest absolute Gasteiger partial charge is 0.123 e. The molecule has 0 fully saturated rings. The average Bonchev–Trinajstić information content (AvgIpc) is 2.47. The van der Waals surface area contributed by atoms with Crippen molar-refractivity contribution in [3.8, 4) is 0 Å². The van der Waals surface area contributed by atoms with Gasteiger partial charge in [0.1, 0.15) is 0 Å². The van der Waals surface area contributed by atoms with Crippen molar-refractivity contribution in [2.24, 2.45) is 0 Å². The molecule has 0 heterocycles. The van der Waals surface area contributed by atoms with E-state index in [-0.39, 0.29) is 0 Å². The van der Waals surface area contributed by atoms with Crippen molar-refractivity contribution < 1.29 is 0 Å². The third-order valence-corrected chi connectivity index (χ3v) is 4.84. The first-order chi connectivity index (χ1) is 9.81. The van der Waals surface area contributed by atoms with Gasteiger partial charge in [0, 0.05) is 5.38 Å². The van der Waals surface area contributed by atoms with E-state index in [1.54, 1.807) is 0 Å². The minimum Gasteiger partial charge on any atom is -0.123 e. The molecular formula is C19H39Cl. The molecule has 0 spiro atoms. The normalized spacial score (nSPS) is 12.8. The highest BCUT2D eigenvalue weighted by molar-refractivity contribution is 6.20. The van der Waals surface area contributed by atoms with Crippen LogP contribution in [0.15, 0.2) is 0 Å². The summed E-state index contributed by atoms with van der Waals surface area (Å²) in [5.41, 5.74) is 0. The number of rotatable bonds is 16. The van der Waals surface area contributed by atoms with Crippen LogP contribution in [0.1, 0.15) is 117 Å². The van der Waals surface area contributed by atoms with E-state index in [0.29, 0.717) is 5.38 Å². The van der Waals surface area contributed by atoms with Crippen molar-refractivity contribution in [2.75, 3.05) is 0 Å². The Bertz CT molecular complexity index is 167. The van der Waals surface area contributed by atoms with E-state index in [0.717, 1.165) is 6.42 Å². The number of hydrogen-bond donors (Lipinski definition) is 0. The zero-order chi connectivity index (χ0) is 14.9. The topological polar surface area (TPSA) is 0 Å². The zero-order valence-corrected chi connectivity index (χ0v) is 15.0. The molecule has 1 unspecified atom stereocenters. The van der Waals surface area contributed by atoms with Gasteiger partial charge in [-0.05, 0) is 12.8 Å². The van der Waals surface area contributed by atoms with Gasteiger partial charge in [-0.3, -0.25) is 0 Å². The summed E-state index contributed by atoms with van der Waals surface area (Å²) < 4.78 is 0. The lowest BCUT2D eigenvalue weighted by atomic mass is 10.0. The molecular weight excluding hydrogens is 264 g/mol. The molecule has 0 rings (SSSR count). The van der Waals surface area contributed by atoms with Gasteiger partial charge in [-0.15, -0.1) is 11.6 Å². The van der Waals surface area contributed by atoms with E-state index in [1.807, 2.05) is 0 Å². The second-order valence-corrected chi connectivity index (χ2v) is 7.01. The Hall–Kier alpha value is 0.290. The molecule has 1 heteroatoms. The predicted molar refractivity (Wildman–Crippen MR) is 94.9 cm³/mol. The number of hydrogen-bond acceptors (Lipinski definition) is 0. The monoisotopic (exact) mass is 302 g/mol. The summed E-state index contributed by atoms with van der Waals surface area (Å²) in [4.78, 5) is 0. The van der Waals surface area contributed by atoms with Crippen LogP contribution in [0.2, 0.25) is 0 Å². The van der Waals surface area contributed by atoms with Crippen molar-refractivity contribution in [3.63, 3.8) is 0 Å². The van der Waals surface area contributed by atoms with Gasteiger partial charge in [0.15, 0.2) is 0 Å². The molecule has 20 heavy (non-hydrogen) atoms. The van der Waals surface area contributed by atoms with E-state index < -0.39 is 0 Å². The Labute approximate surface area is 134 Å². The molecule has 0 aliphatic heterocycles. The van der Waals surface area contributed by atoms with E-state index in [4.69, 9.17) is 11.6 Å². The first-order valence-electron chi connectivity index (χ1n) is 9.45. The van der Waals surface area contributed by atoms with Gasteiger partial charge in [-0.25, -0.2) is 0 Å². The molecule has 0 aromatic carbocycles. The standard InChI is InChI=1S/C19H39Cl/c1-3-5-6-7-8-9-10-11-12-13-14-15-16-17-18-19(20)4-2/h19H,3-18H2,1-2H3. The Morgan fingerprint density at radius 2 is 0.900 bits per heavy atom. The van der Waals surface area contributed by atoms with E-state index in [1.165, 1.54) is 96.3 Å². The molecule has 0 aliphatic rings. The number of unbranched alkanes of at least 4 members (excludes halogenated alkanes) is 13. The van der Waals surface area contributed by atoms with Crippen molar-refractivity contribution in [1.29, 1.82) is 0 Å². The zero-order valence-electron chi connectivity index (χ0n) is 14.3. The first kappa shape index (κ1) is 20.3.